The van der Waals surface area contributed by atoms with Gasteiger partial charge >= 0.3 is 5.97 Å². The van der Waals surface area contributed by atoms with Crippen LogP contribution in [0.1, 0.15) is 20.9 Å². The number of aryl methyl sites for hydroxylation is 2. The lowest BCUT2D eigenvalue weighted by atomic mass is 10.3. The molecule has 4 aromatic rings. The number of hydrogen-bond acceptors (Lipinski definition) is 7. The Kier molecular flexibility index (Phi) is 5.21. The van der Waals surface area contributed by atoms with E-state index in [0.29, 0.717) is 17.0 Å². The van der Waals surface area contributed by atoms with Crippen LogP contribution in [0, 0.1) is 0 Å². The van der Waals surface area contributed by atoms with Gasteiger partial charge in [0.05, 0.1) is 12.8 Å². The summed E-state index contributed by atoms with van der Waals surface area (Å²) in [5.41, 5.74) is 1.92. The normalized spacial score (nSPS) is 11.1. The van der Waals surface area contributed by atoms with Crippen molar-refractivity contribution in [3.05, 3.63) is 64.5 Å². The zero-order valence-electron chi connectivity index (χ0n) is 14.6. The summed E-state index contributed by atoms with van der Waals surface area (Å²) in [6.45, 7) is 0.841. The monoisotopic (exact) mass is 399 g/mol. The van der Waals surface area contributed by atoms with E-state index in [1.54, 1.807) is 41.6 Å². The molecule has 4 rings (SSSR count). The van der Waals surface area contributed by atoms with Crippen molar-refractivity contribution in [2.24, 2.45) is 0 Å². The van der Waals surface area contributed by atoms with Crippen molar-refractivity contribution in [1.82, 2.24) is 24.1 Å². The van der Waals surface area contributed by atoms with Gasteiger partial charge in [0.2, 0.25) is 0 Å². The van der Waals surface area contributed by atoms with E-state index in [9.17, 15) is 4.79 Å². The second-order valence-electron chi connectivity index (χ2n) is 5.80. The highest BCUT2D eigenvalue weighted by Crippen LogP contribution is 2.22. The number of esters is 1. The van der Waals surface area contributed by atoms with Gasteiger partial charge < -0.3 is 13.7 Å². The Hall–Kier alpha value is -2.65. The molecule has 4 heterocycles. The minimum Gasteiger partial charge on any atom is -0.465 e. The summed E-state index contributed by atoms with van der Waals surface area (Å²) >= 11 is 3.34. The molecule has 0 bridgehead atoms. The van der Waals surface area contributed by atoms with Gasteiger partial charge in [0.15, 0.2) is 10.8 Å². The summed E-state index contributed by atoms with van der Waals surface area (Å²) in [6.07, 6.45) is 6.50. The van der Waals surface area contributed by atoms with Crippen LogP contribution < -0.4 is 0 Å². The smallest absolute Gasteiger partial charge is 0.341 e. The number of aromatic nitrogens is 5. The van der Waals surface area contributed by atoms with Crippen LogP contribution in [-0.2, 0) is 23.5 Å². The van der Waals surface area contributed by atoms with Gasteiger partial charge in [-0.15, -0.1) is 21.5 Å². The lowest BCUT2D eigenvalue weighted by Gasteiger charge is -2.04. The SMILES string of the molecule is COC(=O)c1cccn2cc(CSc3nncn3CCc3cccs3)nc12. The van der Waals surface area contributed by atoms with Crippen molar-refractivity contribution >= 4 is 34.7 Å². The third-order valence-corrected chi connectivity index (χ3v) is 6.00. The van der Waals surface area contributed by atoms with Crippen LogP contribution in [0.2, 0.25) is 0 Å². The molecule has 0 unspecified atom stereocenters. The third-order valence-electron chi connectivity index (χ3n) is 4.05. The second-order valence-corrected chi connectivity index (χ2v) is 7.78. The predicted molar refractivity (Wildman–Crippen MR) is 104 cm³/mol. The zero-order valence-corrected chi connectivity index (χ0v) is 16.2. The van der Waals surface area contributed by atoms with E-state index in [2.05, 4.69) is 37.3 Å². The molecule has 0 saturated heterocycles. The van der Waals surface area contributed by atoms with Gasteiger partial charge in [-0.2, -0.15) is 0 Å². The van der Waals surface area contributed by atoms with Crippen LogP contribution in [0.25, 0.3) is 5.65 Å². The largest absolute Gasteiger partial charge is 0.465 e. The van der Waals surface area contributed by atoms with Crippen LogP contribution in [0.4, 0.5) is 0 Å². The number of carbonyl (C=O) groups excluding carboxylic acids is 1. The molecule has 0 atom stereocenters. The van der Waals surface area contributed by atoms with Crippen molar-refractivity contribution in [2.45, 2.75) is 23.9 Å². The van der Waals surface area contributed by atoms with Crippen LogP contribution in [0.5, 0.6) is 0 Å². The van der Waals surface area contributed by atoms with Crippen molar-refractivity contribution < 1.29 is 9.53 Å². The van der Waals surface area contributed by atoms with Gasteiger partial charge in [0, 0.05) is 29.6 Å². The maximum Gasteiger partial charge on any atom is 0.341 e. The van der Waals surface area contributed by atoms with Crippen molar-refractivity contribution in [1.29, 1.82) is 0 Å². The standard InChI is InChI=1S/C18H17N5O2S2/c1-25-17(24)15-5-2-7-22-10-13(20-16(15)22)11-27-18-21-19-12-23(18)8-6-14-4-3-9-26-14/h2-5,7,9-10,12H,6,8,11H2,1H3. The van der Waals surface area contributed by atoms with Gasteiger partial charge in [0.1, 0.15) is 11.9 Å². The number of thioether (sulfide) groups is 1. The van der Waals surface area contributed by atoms with Gasteiger partial charge in [-0.25, -0.2) is 9.78 Å². The van der Waals surface area contributed by atoms with Crippen LogP contribution in [0.3, 0.4) is 0 Å². The fourth-order valence-corrected chi connectivity index (χ4v) is 4.26. The molecule has 138 valence electrons. The molecule has 27 heavy (non-hydrogen) atoms. The van der Waals surface area contributed by atoms with E-state index in [-0.39, 0.29) is 0 Å². The molecule has 0 aromatic carbocycles. The van der Waals surface area contributed by atoms with Crippen molar-refractivity contribution in [3.63, 3.8) is 0 Å². The molecule has 0 spiro atoms. The van der Waals surface area contributed by atoms with E-state index in [4.69, 9.17) is 4.74 Å². The Balaban J connectivity index is 1.46. The molecule has 0 saturated carbocycles. The van der Waals surface area contributed by atoms with Gasteiger partial charge in [-0.3, -0.25) is 0 Å². The predicted octanol–water partition coefficient (Wildman–Crippen LogP) is 3.31. The molecule has 9 heteroatoms. The number of methoxy groups -OCH3 is 1. The first kappa shape index (κ1) is 17.7. The average molecular weight is 400 g/mol. The Morgan fingerprint density at radius 3 is 3.07 bits per heavy atom. The third kappa shape index (κ3) is 3.88. The maximum atomic E-state index is 11.9. The van der Waals surface area contributed by atoms with Crippen LogP contribution in [-0.4, -0.2) is 37.2 Å². The summed E-state index contributed by atoms with van der Waals surface area (Å²) in [7, 11) is 1.37. The first-order valence-corrected chi connectivity index (χ1v) is 10.2. The average Bonchev–Trinajstić information content (AvgIpc) is 3.43. The second kappa shape index (κ2) is 7.93. The summed E-state index contributed by atoms with van der Waals surface area (Å²) in [5, 5.41) is 11.2. The highest BCUT2D eigenvalue weighted by atomic mass is 32.2. The molecule has 0 fully saturated rings. The fourth-order valence-electron chi connectivity index (χ4n) is 2.74. The number of carbonyl (C=O) groups is 1. The Bertz CT molecular complexity index is 1060. The topological polar surface area (TPSA) is 74.3 Å². The van der Waals surface area contributed by atoms with E-state index in [1.165, 1.54) is 12.0 Å². The molecule has 0 aliphatic heterocycles. The number of fused-ring (bicyclic) bond motifs is 1. The molecule has 0 amide bonds. The molecular weight excluding hydrogens is 382 g/mol. The van der Waals surface area contributed by atoms with E-state index in [0.717, 1.165) is 23.8 Å². The highest BCUT2D eigenvalue weighted by molar-refractivity contribution is 7.98. The van der Waals surface area contributed by atoms with E-state index >= 15 is 0 Å². The minimum absolute atomic E-state index is 0.390. The lowest BCUT2D eigenvalue weighted by molar-refractivity contribution is 0.0602. The Morgan fingerprint density at radius 2 is 2.26 bits per heavy atom. The molecule has 7 nitrogen and oxygen atoms in total. The summed E-state index contributed by atoms with van der Waals surface area (Å²) < 4.78 is 8.72. The Labute approximate surface area is 164 Å². The van der Waals surface area contributed by atoms with Crippen LogP contribution in [0.15, 0.2) is 53.5 Å². The highest BCUT2D eigenvalue weighted by Gasteiger charge is 2.14. The number of pyridine rings is 1. The molecular formula is C18H17N5O2S2. The van der Waals surface area contributed by atoms with Crippen LogP contribution >= 0.6 is 23.1 Å². The molecule has 0 N–H and O–H groups in total. The number of imidazole rings is 1. The number of thiophene rings is 1. The maximum absolute atomic E-state index is 11.9. The Morgan fingerprint density at radius 1 is 1.33 bits per heavy atom. The number of ether oxygens (including phenoxy) is 1. The first-order chi connectivity index (χ1) is 13.2. The number of rotatable bonds is 7. The van der Waals surface area contributed by atoms with E-state index < -0.39 is 5.97 Å². The van der Waals surface area contributed by atoms with E-state index in [1.807, 2.05) is 16.8 Å². The number of hydrogen-bond donors (Lipinski definition) is 0. The minimum atomic E-state index is -0.390. The molecule has 0 aliphatic carbocycles. The first-order valence-electron chi connectivity index (χ1n) is 8.32. The van der Waals surface area contributed by atoms with Gasteiger partial charge in [-0.1, -0.05) is 17.8 Å². The molecule has 4 aromatic heterocycles. The summed E-state index contributed by atoms with van der Waals surface area (Å²) in [4.78, 5) is 17.8. The molecule has 0 radical (unpaired) electrons. The summed E-state index contributed by atoms with van der Waals surface area (Å²) in [5.74, 6) is 0.249. The van der Waals surface area contributed by atoms with Gasteiger partial charge in [0.25, 0.3) is 0 Å². The zero-order chi connectivity index (χ0) is 18.6. The van der Waals surface area contributed by atoms with Gasteiger partial charge in [-0.05, 0) is 30.0 Å². The number of nitrogens with zero attached hydrogens (tertiary/aromatic N) is 5. The molecule has 0 aliphatic rings. The van der Waals surface area contributed by atoms with Crippen molar-refractivity contribution in [2.75, 3.05) is 7.11 Å². The van der Waals surface area contributed by atoms with Crippen molar-refractivity contribution in [3.8, 4) is 0 Å². The fraction of sp³-hybridized carbons (Fsp3) is 0.222. The quantitative estimate of drug-likeness (QED) is 0.351. The lowest BCUT2D eigenvalue weighted by Crippen LogP contribution is -2.03. The summed E-state index contributed by atoms with van der Waals surface area (Å²) in [6, 6.07) is 7.72.